The van der Waals surface area contributed by atoms with Gasteiger partial charge < -0.3 is 10.4 Å². The van der Waals surface area contributed by atoms with Gasteiger partial charge in [-0.05, 0) is 31.7 Å². The molecule has 0 amide bonds. The summed E-state index contributed by atoms with van der Waals surface area (Å²) in [5, 5.41) is 12.2. The van der Waals surface area contributed by atoms with E-state index in [9.17, 15) is 13.9 Å². The molecule has 0 bridgehead atoms. The largest absolute Gasteiger partial charge is 0.391 e. The van der Waals surface area contributed by atoms with Crippen LogP contribution in [-0.4, -0.2) is 18.3 Å². The topological polar surface area (TPSA) is 32.3 Å². The standard InChI is InChI=1S/C10H13F2NO/c1-6(14)10(13-2)7-3-4-8(11)9(12)5-7/h3-6,10,13-14H,1-2H3. The molecule has 4 heteroatoms. The molecule has 0 saturated heterocycles. The summed E-state index contributed by atoms with van der Waals surface area (Å²) in [4.78, 5) is 0. The Bertz CT molecular complexity index is 315. The van der Waals surface area contributed by atoms with Gasteiger partial charge in [-0.15, -0.1) is 0 Å². The van der Waals surface area contributed by atoms with Gasteiger partial charge in [0.1, 0.15) is 0 Å². The van der Waals surface area contributed by atoms with Gasteiger partial charge in [0.05, 0.1) is 12.1 Å². The first-order valence-electron chi connectivity index (χ1n) is 4.36. The van der Waals surface area contributed by atoms with Crippen molar-refractivity contribution in [2.24, 2.45) is 0 Å². The second-order valence-electron chi connectivity index (χ2n) is 3.18. The Kier molecular flexibility index (Phi) is 3.55. The molecule has 0 heterocycles. The van der Waals surface area contributed by atoms with Gasteiger partial charge in [0, 0.05) is 0 Å². The molecule has 1 aromatic rings. The number of benzene rings is 1. The minimum absolute atomic E-state index is 0.384. The Morgan fingerprint density at radius 2 is 1.93 bits per heavy atom. The lowest BCUT2D eigenvalue weighted by atomic mass is 10.0. The van der Waals surface area contributed by atoms with Gasteiger partial charge >= 0.3 is 0 Å². The van der Waals surface area contributed by atoms with Crippen molar-refractivity contribution in [2.75, 3.05) is 7.05 Å². The van der Waals surface area contributed by atoms with Crippen LogP contribution in [0.4, 0.5) is 8.78 Å². The number of aliphatic hydroxyl groups excluding tert-OH is 1. The molecule has 2 atom stereocenters. The average molecular weight is 201 g/mol. The van der Waals surface area contributed by atoms with Gasteiger partial charge in [-0.3, -0.25) is 0 Å². The number of nitrogens with one attached hydrogen (secondary N) is 1. The van der Waals surface area contributed by atoms with Crippen LogP contribution in [0.1, 0.15) is 18.5 Å². The van der Waals surface area contributed by atoms with Gasteiger partial charge in [-0.1, -0.05) is 6.07 Å². The zero-order chi connectivity index (χ0) is 10.7. The number of rotatable bonds is 3. The van der Waals surface area contributed by atoms with Crippen molar-refractivity contribution in [1.82, 2.24) is 5.32 Å². The van der Waals surface area contributed by atoms with E-state index in [4.69, 9.17) is 0 Å². The van der Waals surface area contributed by atoms with E-state index in [-0.39, 0.29) is 6.04 Å². The maximum absolute atomic E-state index is 12.9. The zero-order valence-corrected chi connectivity index (χ0v) is 8.09. The van der Waals surface area contributed by atoms with E-state index in [1.165, 1.54) is 6.07 Å². The lowest BCUT2D eigenvalue weighted by Crippen LogP contribution is -2.27. The summed E-state index contributed by atoms with van der Waals surface area (Å²) in [5.41, 5.74) is 0.529. The fraction of sp³-hybridized carbons (Fsp3) is 0.400. The highest BCUT2D eigenvalue weighted by Gasteiger charge is 2.16. The van der Waals surface area contributed by atoms with Crippen molar-refractivity contribution in [3.05, 3.63) is 35.4 Å². The lowest BCUT2D eigenvalue weighted by Gasteiger charge is -2.19. The van der Waals surface area contributed by atoms with E-state index in [0.29, 0.717) is 5.56 Å². The van der Waals surface area contributed by atoms with Gasteiger partial charge in [0.2, 0.25) is 0 Å². The van der Waals surface area contributed by atoms with Crippen molar-refractivity contribution >= 4 is 0 Å². The number of aliphatic hydroxyl groups is 1. The molecule has 0 aliphatic carbocycles. The number of hydrogen-bond donors (Lipinski definition) is 2. The van der Waals surface area contributed by atoms with Crippen LogP contribution in [0.5, 0.6) is 0 Å². The summed E-state index contributed by atoms with van der Waals surface area (Å²) in [6, 6.07) is 3.21. The first-order valence-corrected chi connectivity index (χ1v) is 4.36. The Balaban J connectivity index is 3.00. The van der Waals surface area contributed by atoms with Gasteiger partial charge in [-0.2, -0.15) is 0 Å². The summed E-state index contributed by atoms with van der Waals surface area (Å²) < 4.78 is 25.5. The highest BCUT2D eigenvalue weighted by Crippen LogP contribution is 2.18. The highest BCUT2D eigenvalue weighted by atomic mass is 19.2. The first kappa shape index (κ1) is 11.1. The summed E-state index contributed by atoms with van der Waals surface area (Å²) in [7, 11) is 1.65. The van der Waals surface area contributed by atoms with Crippen LogP contribution in [0, 0.1) is 11.6 Å². The number of likely N-dealkylation sites (N-methyl/N-ethyl adjacent to an activating group) is 1. The summed E-state index contributed by atoms with van der Waals surface area (Å²) in [6.07, 6.45) is -0.662. The molecule has 78 valence electrons. The Hall–Kier alpha value is -1.00. The minimum atomic E-state index is -0.900. The van der Waals surface area contributed by atoms with Crippen LogP contribution < -0.4 is 5.32 Å². The van der Waals surface area contributed by atoms with Crippen molar-refractivity contribution in [1.29, 1.82) is 0 Å². The van der Waals surface area contributed by atoms with E-state index < -0.39 is 17.7 Å². The molecule has 2 nitrogen and oxygen atoms in total. The summed E-state index contributed by atoms with van der Waals surface area (Å²) >= 11 is 0. The van der Waals surface area contributed by atoms with Crippen molar-refractivity contribution in [3.63, 3.8) is 0 Å². The molecule has 0 saturated carbocycles. The quantitative estimate of drug-likeness (QED) is 0.778. The molecule has 1 aromatic carbocycles. The Morgan fingerprint density at radius 1 is 1.29 bits per heavy atom. The molecular weight excluding hydrogens is 188 g/mol. The molecule has 1 rings (SSSR count). The van der Waals surface area contributed by atoms with Crippen LogP contribution in [0.3, 0.4) is 0 Å². The maximum atomic E-state index is 12.9. The second-order valence-corrected chi connectivity index (χ2v) is 3.18. The van der Waals surface area contributed by atoms with Crippen LogP contribution >= 0.6 is 0 Å². The number of halogens is 2. The zero-order valence-electron chi connectivity index (χ0n) is 8.09. The van der Waals surface area contributed by atoms with Crippen LogP contribution in [0.2, 0.25) is 0 Å². The van der Waals surface area contributed by atoms with E-state index >= 15 is 0 Å². The fourth-order valence-corrected chi connectivity index (χ4v) is 1.39. The average Bonchev–Trinajstić information content (AvgIpc) is 2.11. The van der Waals surface area contributed by atoms with Crippen LogP contribution in [0.15, 0.2) is 18.2 Å². The van der Waals surface area contributed by atoms with Gasteiger partial charge in [0.25, 0.3) is 0 Å². The number of hydrogen-bond acceptors (Lipinski definition) is 2. The molecule has 0 radical (unpaired) electrons. The lowest BCUT2D eigenvalue weighted by molar-refractivity contribution is 0.149. The SMILES string of the molecule is CNC(c1ccc(F)c(F)c1)C(C)O. The van der Waals surface area contributed by atoms with Crippen molar-refractivity contribution < 1.29 is 13.9 Å². The maximum Gasteiger partial charge on any atom is 0.159 e. The Labute approximate surface area is 81.6 Å². The van der Waals surface area contributed by atoms with E-state index in [1.807, 2.05) is 0 Å². The molecule has 14 heavy (non-hydrogen) atoms. The predicted molar refractivity (Wildman–Crippen MR) is 49.8 cm³/mol. The Morgan fingerprint density at radius 3 is 2.36 bits per heavy atom. The third-order valence-corrected chi connectivity index (χ3v) is 2.10. The second kappa shape index (κ2) is 4.48. The normalized spacial score (nSPS) is 15.2. The van der Waals surface area contributed by atoms with E-state index in [0.717, 1.165) is 12.1 Å². The van der Waals surface area contributed by atoms with Gasteiger partial charge in [-0.25, -0.2) is 8.78 Å². The fourth-order valence-electron chi connectivity index (χ4n) is 1.39. The van der Waals surface area contributed by atoms with Gasteiger partial charge in [0.15, 0.2) is 11.6 Å². The van der Waals surface area contributed by atoms with Crippen LogP contribution in [-0.2, 0) is 0 Å². The third-order valence-electron chi connectivity index (χ3n) is 2.10. The smallest absolute Gasteiger partial charge is 0.159 e. The minimum Gasteiger partial charge on any atom is -0.391 e. The predicted octanol–water partition coefficient (Wildman–Crippen LogP) is 1.61. The molecule has 2 N–H and O–H groups in total. The van der Waals surface area contributed by atoms with E-state index in [1.54, 1.807) is 14.0 Å². The summed E-state index contributed by atoms with van der Waals surface area (Å²) in [6.45, 7) is 1.59. The molecule has 0 aromatic heterocycles. The molecule has 0 aliphatic rings. The molecule has 0 spiro atoms. The molecular formula is C10H13F2NO. The molecule has 2 unspecified atom stereocenters. The van der Waals surface area contributed by atoms with Crippen molar-refractivity contribution in [2.45, 2.75) is 19.1 Å². The highest BCUT2D eigenvalue weighted by molar-refractivity contribution is 5.22. The molecule has 0 fully saturated rings. The van der Waals surface area contributed by atoms with Crippen LogP contribution in [0.25, 0.3) is 0 Å². The van der Waals surface area contributed by atoms with Crippen molar-refractivity contribution in [3.8, 4) is 0 Å². The molecule has 0 aliphatic heterocycles. The first-order chi connectivity index (χ1) is 6.56. The monoisotopic (exact) mass is 201 g/mol. The summed E-state index contributed by atoms with van der Waals surface area (Å²) in [5.74, 6) is -1.78. The third kappa shape index (κ3) is 2.27. The van der Waals surface area contributed by atoms with E-state index in [2.05, 4.69) is 5.32 Å².